The predicted octanol–water partition coefficient (Wildman–Crippen LogP) is 5.02. The molecule has 208 valence electrons. The zero-order chi connectivity index (χ0) is 29.1. The third-order valence-corrected chi connectivity index (χ3v) is 6.03. The number of rotatable bonds is 8. The summed E-state index contributed by atoms with van der Waals surface area (Å²) in [5.74, 6) is -3.13. The Balaban J connectivity index is 1.77. The molecular formula is C30H35F2N3O4. The molecule has 0 spiro atoms. The van der Waals surface area contributed by atoms with Crippen molar-refractivity contribution in [1.29, 1.82) is 0 Å². The standard InChI is InChI=1S/C30H35F2N3O4/c1-29(2,3)25(28(38)39-30(4,5)6)34-14-13-17-7-9-18(10-8-17)21-16-22(26(33)35-27(21)37)24(36)20-12-11-19(31)15-23(20)32/h7-12,15-16,25,34H,13-14H2,1-6H3,(H3,33,35,37)/t25-/m1/s1. The van der Waals surface area contributed by atoms with E-state index in [0.717, 1.165) is 17.7 Å². The Morgan fingerprint density at radius 2 is 1.62 bits per heavy atom. The molecule has 0 aliphatic carbocycles. The molecule has 7 nitrogen and oxygen atoms in total. The molecule has 1 aromatic heterocycles. The number of nitrogen functional groups attached to an aromatic ring is 1. The maximum Gasteiger partial charge on any atom is 0.324 e. The predicted molar refractivity (Wildman–Crippen MR) is 147 cm³/mol. The van der Waals surface area contributed by atoms with E-state index in [2.05, 4.69) is 10.3 Å². The summed E-state index contributed by atoms with van der Waals surface area (Å²) in [4.78, 5) is 40.7. The molecular weight excluding hydrogens is 504 g/mol. The van der Waals surface area contributed by atoms with Crippen molar-refractivity contribution in [3.63, 3.8) is 0 Å². The largest absolute Gasteiger partial charge is 0.459 e. The number of halogens is 2. The fourth-order valence-electron chi connectivity index (χ4n) is 4.08. The first-order valence-electron chi connectivity index (χ1n) is 12.6. The van der Waals surface area contributed by atoms with Crippen LogP contribution in [0.4, 0.5) is 14.6 Å². The second-order valence-corrected chi connectivity index (χ2v) is 11.5. The van der Waals surface area contributed by atoms with Crippen molar-refractivity contribution in [2.24, 2.45) is 5.41 Å². The minimum absolute atomic E-state index is 0.0984. The van der Waals surface area contributed by atoms with Crippen molar-refractivity contribution in [3.8, 4) is 11.1 Å². The number of aromatic amines is 1. The average Bonchev–Trinajstić information content (AvgIpc) is 2.80. The SMILES string of the molecule is CC(C)(C)OC(=O)[C@@H](NCCc1ccc(-c2cc(C(=O)c3ccc(F)cc3F)c(N)[nH]c2=O)cc1)C(C)(C)C. The molecule has 0 aliphatic rings. The quantitative estimate of drug-likeness (QED) is 0.274. The van der Waals surface area contributed by atoms with Crippen LogP contribution in [0.3, 0.4) is 0 Å². The van der Waals surface area contributed by atoms with Gasteiger partial charge in [-0.25, -0.2) is 8.78 Å². The lowest BCUT2D eigenvalue weighted by Gasteiger charge is -2.32. The molecule has 3 aromatic rings. The van der Waals surface area contributed by atoms with Gasteiger partial charge in [-0.05, 0) is 68.5 Å². The Morgan fingerprint density at radius 3 is 2.18 bits per heavy atom. The van der Waals surface area contributed by atoms with Gasteiger partial charge in [0.2, 0.25) is 0 Å². The summed E-state index contributed by atoms with van der Waals surface area (Å²) in [5.41, 5.74) is 5.62. The van der Waals surface area contributed by atoms with E-state index in [4.69, 9.17) is 10.5 Å². The maximum atomic E-state index is 14.2. The number of anilines is 1. The van der Waals surface area contributed by atoms with Crippen LogP contribution in [0.15, 0.2) is 53.3 Å². The highest BCUT2D eigenvalue weighted by atomic mass is 19.1. The first kappa shape index (κ1) is 29.7. The van der Waals surface area contributed by atoms with Crippen LogP contribution in [0.2, 0.25) is 0 Å². The summed E-state index contributed by atoms with van der Waals surface area (Å²) in [6.07, 6.45) is 0.612. The van der Waals surface area contributed by atoms with Crippen molar-refractivity contribution >= 4 is 17.6 Å². The first-order valence-corrected chi connectivity index (χ1v) is 12.6. The van der Waals surface area contributed by atoms with Gasteiger partial charge in [0.1, 0.15) is 29.1 Å². The fourth-order valence-corrected chi connectivity index (χ4v) is 4.08. The van der Waals surface area contributed by atoms with Crippen molar-refractivity contribution in [2.75, 3.05) is 12.3 Å². The summed E-state index contributed by atoms with van der Waals surface area (Å²) >= 11 is 0. The molecule has 0 bridgehead atoms. The van der Waals surface area contributed by atoms with Crippen molar-refractivity contribution in [3.05, 3.63) is 87.2 Å². The third kappa shape index (κ3) is 7.60. The monoisotopic (exact) mass is 539 g/mol. The van der Waals surface area contributed by atoms with E-state index >= 15 is 0 Å². The van der Waals surface area contributed by atoms with Crippen LogP contribution in [0, 0.1) is 17.0 Å². The Hall–Kier alpha value is -3.85. The number of H-pyrrole nitrogens is 1. The van der Waals surface area contributed by atoms with E-state index in [1.54, 1.807) is 12.1 Å². The van der Waals surface area contributed by atoms with Gasteiger partial charge in [-0.2, -0.15) is 0 Å². The molecule has 0 amide bonds. The summed E-state index contributed by atoms with van der Waals surface area (Å²) in [6, 6.07) is 10.6. The smallest absolute Gasteiger partial charge is 0.324 e. The minimum atomic E-state index is -1.02. The van der Waals surface area contributed by atoms with Gasteiger partial charge >= 0.3 is 5.97 Å². The molecule has 2 aromatic carbocycles. The van der Waals surface area contributed by atoms with Crippen LogP contribution in [0.5, 0.6) is 0 Å². The van der Waals surface area contributed by atoms with Gasteiger partial charge in [-0.1, -0.05) is 45.0 Å². The molecule has 1 heterocycles. The number of carbonyl (C=O) groups excluding carboxylic acids is 2. The van der Waals surface area contributed by atoms with Crippen LogP contribution in [-0.4, -0.2) is 34.9 Å². The number of aromatic nitrogens is 1. The number of carbonyl (C=O) groups is 2. The number of benzene rings is 2. The maximum absolute atomic E-state index is 14.2. The van der Waals surface area contributed by atoms with Crippen LogP contribution < -0.4 is 16.6 Å². The lowest BCUT2D eigenvalue weighted by molar-refractivity contribution is -0.160. The Morgan fingerprint density at radius 1 is 0.974 bits per heavy atom. The van der Waals surface area contributed by atoms with E-state index in [-0.39, 0.29) is 33.9 Å². The van der Waals surface area contributed by atoms with Gasteiger partial charge < -0.3 is 20.8 Å². The van der Waals surface area contributed by atoms with Crippen molar-refractivity contribution < 1.29 is 23.1 Å². The number of pyridine rings is 1. The lowest BCUT2D eigenvalue weighted by atomic mass is 9.86. The first-order chi connectivity index (χ1) is 18.1. The summed E-state index contributed by atoms with van der Waals surface area (Å²) in [6.45, 7) is 11.9. The summed E-state index contributed by atoms with van der Waals surface area (Å²) < 4.78 is 33.0. The van der Waals surface area contributed by atoms with E-state index in [1.807, 2.05) is 53.7 Å². The molecule has 3 rings (SSSR count). The van der Waals surface area contributed by atoms with E-state index in [1.165, 1.54) is 6.07 Å². The van der Waals surface area contributed by atoms with Gasteiger partial charge in [0.15, 0.2) is 5.78 Å². The van der Waals surface area contributed by atoms with E-state index in [0.29, 0.717) is 24.6 Å². The third-order valence-electron chi connectivity index (χ3n) is 6.03. The molecule has 39 heavy (non-hydrogen) atoms. The van der Waals surface area contributed by atoms with Gasteiger partial charge in [-0.15, -0.1) is 0 Å². The highest BCUT2D eigenvalue weighted by Gasteiger charge is 2.34. The van der Waals surface area contributed by atoms with Crippen molar-refractivity contribution in [2.45, 2.75) is 59.6 Å². The Kier molecular flexibility index (Phi) is 8.75. The normalized spacial score (nSPS) is 12.7. The van der Waals surface area contributed by atoms with Gasteiger partial charge in [0.05, 0.1) is 11.1 Å². The number of hydrogen-bond acceptors (Lipinski definition) is 6. The number of nitrogens with one attached hydrogen (secondary N) is 2. The Bertz CT molecular complexity index is 1420. The van der Waals surface area contributed by atoms with E-state index < -0.39 is 34.6 Å². The highest BCUT2D eigenvalue weighted by Crippen LogP contribution is 2.24. The van der Waals surface area contributed by atoms with E-state index in [9.17, 15) is 23.2 Å². The number of ether oxygens (including phenoxy) is 1. The molecule has 0 saturated heterocycles. The fraction of sp³-hybridized carbons (Fsp3) is 0.367. The molecule has 4 N–H and O–H groups in total. The zero-order valence-corrected chi connectivity index (χ0v) is 23.1. The molecule has 0 unspecified atom stereocenters. The van der Waals surface area contributed by atoms with Gasteiger partial charge in [0.25, 0.3) is 5.56 Å². The molecule has 9 heteroatoms. The van der Waals surface area contributed by atoms with Crippen LogP contribution in [0.25, 0.3) is 11.1 Å². The molecule has 1 atom stereocenters. The van der Waals surface area contributed by atoms with Crippen molar-refractivity contribution in [1.82, 2.24) is 10.3 Å². The van der Waals surface area contributed by atoms with Crippen LogP contribution in [0.1, 0.15) is 63.0 Å². The lowest BCUT2D eigenvalue weighted by Crippen LogP contribution is -2.49. The number of ketones is 1. The topological polar surface area (TPSA) is 114 Å². The van der Waals surface area contributed by atoms with Crippen LogP contribution >= 0.6 is 0 Å². The highest BCUT2D eigenvalue weighted by molar-refractivity contribution is 6.12. The molecule has 0 fully saturated rings. The van der Waals surface area contributed by atoms with Gasteiger partial charge in [-0.3, -0.25) is 14.4 Å². The molecule has 0 saturated carbocycles. The zero-order valence-electron chi connectivity index (χ0n) is 23.1. The molecule has 0 radical (unpaired) electrons. The minimum Gasteiger partial charge on any atom is -0.459 e. The Labute approximate surface area is 226 Å². The van der Waals surface area contributed by atoms with Gasteiger partial charge in [0, 0.05) is 11.6 Å². The molecule has 0 aliphatic heterocycles. The second kappa shape index (κ2) is 11.5. The number of nitrogens with two attached hydrogens (primary N) is 1. The van der Waals surface area contributed by atoms with Crippen LogP contribution in [-0.2, 0) is 16.0 Å². The summed E-state index contributed by atoms with van der Waals surface area (Å²) in [7, 11) is 0. The summed E-state index contributed by atoms with van der Waals surface area (Å²) in [5, 5.41) is 3.30. The second-order valence-electron chi connectivity index (χ2n) is 11.5. The number of esters is 1. The number of hydrogen-bond donors (Lipinski definition) is 3. The average molecular weight is 540 g/mol.